The van der Waals surface area contributed by atoms with E-state index in [4.69, 9.17) is 0 Å². The van der Waals surface area contributed by atoms with E-state index in [9.17, 15) is 10.0 Å². The van der Waals surface area contributed by atoms with Crippen molar-refractivity contribution in [2.75, 3.05) is 36.4 Å². The van der Waals surface area contributed by atoms with Gasteiger partial charge in [0.05, 0.1) is 0 Å². The summed E-state index contributed by atoms with van der Waals surface area (Å²) in [4.78, 5) is 16.8. The first-order valence-electron chi connectivity index (χ1n) is 9.51. The number of hydrogen-bond acceptors (Lipinski definition) is 3. The van der Waals surface area contributed by atoms with Crippen LogP contribution in [-0.4, -0.2) is 37.1 Å². The Balaban J connectivity index is 1.42. The molecule has 1 aliphatic rings. The number of aryl methyl sites for hydroxylation is 2. The molecule has 28 heavy (non-hydrogen) atoms. The van der Waals surface area contributed by atoms with Crippen LogP contribution in [0.4, 0.5) is 16.2 Å². The number of rotatable bonds is 2. The van der Waals surface area contributed by atoms with E-state index in [1.54, 1.807) is 11.0 Å². The van der Waals surface area contributed by atoms with Gasteiger partial charge in [0.25, 0.3) is 0 Å². The van der Waals surface area contributed by atoms with Crippen LogP contribution >= 0.6 is 0 Å². The lowest BCUT2D eigenvalue weighted by molar-refractivity contribution is -0.576. The molecule has 1 aliphatic heterocycles. The van der Waals surface area contributed by atoms with Gasteiger partial charge in [-0.3, -0.25) is 0 Å². The van der Waals surface area contributed by atoms with E-state index < -0.39 is 0 Å². The highest BCUT2D eigenvalue weighted by Gasteiger charge is 2.22. The molecule has 0 aliphatic carbocycles. The molecule has 2 amide bonds. The maximum absolute atomic E-state index is 12.7. The molecule has 2 heterocycles. The van der Waals surface area contributed by atoms with Crippen LogP contribution in [0.25, 0.3) is 10.9 Å². The number of piperazine rings is 1. The molecule has 1 N–H and O–H groups in total. The zero-order valence-corrected chi connectivity index (χ0v) is 16.2. The first-order chi connectivity index (χ1) is 13.5. The van der Waals surface area contributed by atoms with Crippen LogP contribution in [0.3, 0.4) is 0 Å². The molecule has 3 aromatic rings. The number of urea groups is 1. The Morgan fingerprint density at radius 1 is 1.00 bits per heavy atom. The van der Waals surface area contributed by atoms with Gasteiger partial charge in [-0.25, -0.2) is 4.79 Å². The van der Waals surface area contributed by atoms with Crippen LogP contribution in [0.5, 0.6) is 0 Å². The van der Waals surface area contributed by atoms with Crippen LogP contribution in [-0.2, 0) is 0 Å². The van der Waals surface area contributed by atoms with Crippen molar-refractivity contribution in [1.29, 1.82) is 0 Å². The molecule has 6 heteroatoms. The van der Waals surface area contributed by atoms with Crippen molar-refractivity contribution in [3.8, 4) is 0 Å². The Morgan fingerprint density at radius 3 is 2.39 bits per heavy atom. The molecule has 1 aromatic heterocycles. The molecule has 1 saturated heterocycles. The van der Waals surface area contributed by atoms with Crippen molar-refractivity contribution >= 4 is 28.3 Å². The zero-order chi connectivity index (χ0) is 19.7. The first kappa shape index (κ1) is 18.1. The highest BCUT2D eigenvalue weighted by atomic mass is 16.5. The van der Waals surface area contributed by atoms with Crippen LogP contribution in [0, 0.1) is 19.1 Å². The third kappa shape index (κ3) is 3.71. The minimum absolute atomic E-state index is 0.171. The number of nitrogens with one attached hydrogen (secondary N) is 1. The van der Waals surface area contributed by atoms with Gasteiger partial charge >= 0.3 is 6.03 Å². The summed E-state index contributed by atoms with van der Waals surface area (Å²) in [6, 6.07) is 15.5. The van der Waals surface area contributed by atoms with Crippen LogP contribution < -0.4 is 14.9 Å². The van der Waals surface area contributed by atoms with E-state index >= 15 is 0 Å². The lowest BCUT2D eigenvalue weighted by Gasteiger charge is -2.36. The van der Waals surface area contributed by atoms with Gasteiger partial charge in [-0.2, -0.15) is 4.73 Å². The van der Waals surface area contributed by atoms with Gasteiger partial charge in [0, 0.05) is 43.3 Å². The minimum Gasteiger partial charge on any atom is -0.618 e. The molecule has 0 unspecified atom stereocenters. The number of anilines is 2. The molecule has 0 atom stereocenters. The Bertz CT molecular complexity index is 1010. The average Bonchev–Trinajstić information content (AvgIpc) is 2.67. The fourth-order valence-electron chi connectivity index (χ4n) is 3.78. The summed E-state index contributed by atoms with van der Waals surface area (Å²) >= 11 is 0. The van der Waals surface area contributed by atoms with Crippen molar-refractivity contribution in [3.05, 3.63) is 71.1 Å². The Hall–Kier alpha value is -3.28. The summed E-state index contributed by atoms with van der Waals surface area (Å²) in [5, 5.41) is 15.8. The number of benzene rings is 2. The predicted octanol–water partition coefficient (Wildman–Crippen LogP) is 3.44. The molecule has 0 saturated carbocycles. The second-order valence-electron chi connectivity index (χ2n) is 7.36. The first-order valence-corrected chi connectivity index (χ1v) is 9.51. The van der Waals surface area contributed by atoms with Gasteiger partial charge in [-0.05, 0) is 49.2 Å². The third-order valence-electron chi connectivity index (χ3n) is 5.13. The van der Waals surface area contributed by atoms with Crippen molar-refractivity contribution in [2.24, 2.45) is 0 Å². The van der Waals surface area contributed by atoms with Gasteiger partial charge in [-0.15, -0.1) is 0 Å². The number of fused-ring (bicyclic) bond motifs is 1. The van der Waals surface area contributed by atoms with E-state index in [1.165, 1.54) is 23.0 Å². The van der Waals surface area contributed by atoms with E-state index in [2.05, 4.69) is 42.3 Å². The summed E-state index contributed by atoms with van der Waals surface area (Å²) in [5.41, 5.74) is 4.80. The fourth-order valence-corrected chi connectivity index (χ4v) is 3.78. The normalized spacial score (nSPS) is 14.4. The summed E-state index contributed by atoms with van der Waals surface area (Å²) < 4.78 is 0.795. The summed E-state index contributed by atoms with van der Waals surface area (Å²) in [7, 11) is 0. The lowest BCUT2D eigenvalue weighted by atomic mass is 10.1. The molecule has 0 bridgehead atoms. The minimum atomic E-state index is -0.171. The molecule has 144 valence electrons. The van der Waals surface area contributed by atoms with Gasteiger partial charge < -0.3 is 20.3 Å². The third-order valence-corrected chi connectivity index (χ3v) is 5.13. The number of nitrogens with zero attached hydrogens (tertiary/aromatic N) is 3. The quantitative estimate of drug-likeness (QED) is 0.550. The van der Waals surface area contributed by atoms with E-state index in [1.807, 2.05) is 24.3 Å². The number of hydrogen-bond donors (Lipinski definition) is 1. The number of amides is 2. The molecular weight excluding hydrogens is 352 g/mol. The Kier molecular flexibility index (Phi) is 4.77. The summed E-state index contributed by atoms with van der Waals surface area (Å²) in [6.45, 7) is 7.07. The van der Waals surface area contributed by atoms with Crippen LogP contribution in [0.2, 0.25) is 0 Å². The molecule has 0 radical (unpaired) electrons. The highest BCUT2D eigenvalue weighted by molar-refractivity contribution is 5.91. The number of para-hydroxylation sites is 1. The average molecular weight is 376 g/mol. The maximum atomic E-state index is 12.7. The van der Waals surface area contributed by atoms with Gasteiger partial charge in [-0.1, -0.05) is 18.2 Å². The molecule has 1 fully saturated rings. The van der Waals surface area contributed by atoms with E-state index in [0.29, 0.717) is 24.3 Å². The molecule has 0 spiro atoms. The van der Waals surface area contributed by atoms with Crippen LogP contribution in [0.1, 0.15) is 11.1 Å². The number of aromatic nitrogens is 1. The second-order valence-corrected chi connectivity index (χ2v) is 7.36. The van der Waals surface area contributed by atoms with E-state index in [-0.39, 0.29) is 6.03 Å². The summed E-state index contributed by atoms with van der Waals surface area (Å²) in [5.74, 6) is 0. The van der Waals surface area contributed by atoms with Crippen molar-refractivity contribution in [2.45, 2.75) is 13.8 Å². The largest absolute Gasteiger partial charge is 0.618 e. The zero-order valence-electron chi connectivity index (χ0n) is 16.2. The van der Waals surface area contributed by atoms with E-state index in [0.717, 1.165) is 23.2 Å². The Morgan fingerprint density at radius 2 is 1.68 bits per heavy atom. The maximum Gasteiger partial charge on any atom is 0.322 e. The van der Waals surface area contributed by atoms with Crippen molar-refractivity contribution in [3.63, 3.8) is 0 Å². The smallest absolute Gasteiger partial charge is 0.322 e. The predicted molar refractivity (Wildman–Crippen MR) is 112 cm³/mol. The topological polar surface area (TPSA) is 62.5 Å². The van der Waals surface area contributed by atoms with Crippen molar-refractivity contribution in [1.82, 2.24) is 4.90 Å². The number of pyridine rings is 1. The number of carbonyl (C=O) groups is 1. The standard InChI is InChI=1S/C22H24N4O2/c1-16-11-17(2)13-20(12-16)24-7-9-25(10-8-24)22(27)23-19-14-18-5-3-4-6-21(18)26(28)15-19/h3-6,11-15H,7-10H2,1-2H3,(H,23,27). The molecule has 6 nitrogen and oxygen atoms in total. The van der Waals surface area contributed by atoms with Crippen LogP contribution in [0.15, 0.2) is 54.7 Å². The summed E-state index contributed by atoms with van der Waals surface area (Å²) in [6.07, 6.45) is 1.41. The highest BCUT2D eigenvalue weighted by Crippen LogP contribution is 2.21. The molecule has 2 aromatic carbocycles. The van der Waals surface area contributed by atoms with Gasteiger partial charge in [0.15, 0.2) is 0 Å². The second kappa shape index (κ2) is 7.38. The number of carbonyl (C=O) groups excluding carboxylic acids is 1. The molecule has 4 rings (SSSR count). The monoisotopic (exact) mass is 376 g/mol. The SMILES string of the molecule is Cc1cc(C)cc(N2CCN(C(=O)Nc3cc4ccccc4[n+]([O-])c3)CC2)c1. The fraction of sp³-hybridized carbons (Fsp3) is 0.273. The van der Waals surface area contributed by atoms with Gasteiger partial charge in [0.1, 0.15) is 5.69 Å². The lowest BCUT2D eigenvalue weighted by Crippen LogP contribution is -2.50. The van der Waals surface area contributed by atoms with Gasteiger partial charge in [0.2, 0.25) is 11.7 Å². The molecular formula is C22H24N4O2. The van der Waals surface area contributed by atoms with Crippen molar-refractivity contribution < 1.29 is 9.52 Å². The Labute approximate surface area is 164 Å².